The highest BCUT2D eigenvalue weighted by atomic mass is 32.2. The number of likely N-dealkylation sites (tertiary alicyclic amines) is 1. The number of ether oxygens (including phenoxy) is 1. The van der Waals surface area contributed by atoms with Crippen molar-refractivity contribution in [1.29, 1.82) is 0 Å². The van der Waals surface area contributed by atoms with E-state index in [0.29, 0.717) is 25.1 Å². The van der Waals surface area contributed by atoms with E-state index in [-0.39, 0.29) is 11.9 Å². The van der Waals surface area contributed by atoms with Gasteiger partial charge in [0.25, 0.3) is 0 Å². The zero-order valence-corrected chi connectivity index (χ0v) is 19.4. The summed E-state index contributed by atoms with van der Waals surface area (Å²) in [5, 5.41) is 0. The van der Waals surface area contributed by atoms with E-state index in [4.69, 9.17) is 4.74 Å². The average molecular weight is 456 g/mol. The first-order chi connectivity index (χ1) is 16.1. The third-order valence-electron chi connectivity index (χ3n) is 7.46. The molecule has 3 aromatic rings. The van der Waals surface area contributed by atoms with Gasteiger partial charge in [-0.2, -0.15) is 0 Å². The summed E-state index contributed by atoms with van der Waals surface area (Å²) in [4.78, 5) is 29.3. The molecule has 0 aromatic heterocycles. The summed E-state index contributed by atoms with van der Waals surface area (Å²) in [7, 11) is 0. The summed E-state index contributed by atoms with van der Waals surface area (Å²) in [6.07, 6.45) is 4.48. The minimum atomic E-state index is -0.690. The number of carbonyl (C=O) groups excluding carboxylic acids is 2. The van der Waals surface area contributed by atoms with Gasteiger partial charge in [0, 0.05) is 23.4 Å². The lowest BCUT2D eigenvalue weighted by atomic mass is 9.91. The maximum Gasteiger partial charge on any atom is 0.339 e. The van der Waals surface area contributed by atoms with E-state index in [1.807, 2.05) is 29.2 Å². The number of rotatable bonds is 4. The molecule has 33 heavy (non-hydrogen) atoms. The normalized spacial score (nSPS) is 22.3. The average Bonchev–Trinajstić information content (AvgIpc) is 3.50. The van der Waals surface area contributed by atoms with Crippen LogP contribution in [0, 0.1) is 0 Å². The number of amides is 1. The van der Waals surface area contributed by atoms with Crippen LogP contribution in [0.25, 0.3) is 11.1 Å². The molecule has 2 aliphatic heterocycles. The number of hydrogen-bond donors (Lipinski definition) is 0. The lowest BCUT2D eigenvalue weighted by Crippen LogP contribution is -2.40. The van der Waals surface area contributed by atoms with Crippen molar-refractivity contribution < 1.29 is 14.3 Å². The molecule has 1 saturated carbocycles. The van der Waals surface area contributed by atoms with Crippen LogP contribution in [-0.4, -0.2) is 36.1 Å². The molecule has 1 amide bonds. The Balaban J connectivity index is 1.25. The Morgan fingerprint density at radius 3 is 2.33 bits per heavy atom. The van der Waals surface area contributed by atoms with Gasteiger partial charge in [-0.25, -0.2) is 4.79 Å². The number of thioether (sulfide) groups is 1. The molecule has 5 heteroatoms. The molecule has 1 saturated heterocycles. The van der Waals surface area contributed by atoms with Crippen molar-refractivity contribution >= 4 is 23.6 Å². The molecule has 0 N–H and O–H groups in total. The number of benzene rings is 3. The van der Waals surface area contributed by atoms with Crippen molar-refractivity contribution in [2.24, 2.45) is 0 Å². The van der Waals surface area contributed by atoms with E-state index >= 15 is 0 Å². The van der Waals surface area contributed by atoms with Gasteiger partial charge < -0.3 is 9.64 Å². The second kappa shape index (κ2) is 7.49. The third-order valence-corrected chi connectivity index (χ3v) is 8.26. The summed E-state index contributed by atoms with van der Waals surface area (Å²) < 4.78 is 5.85. The fourth-order valence-electron chi connectivity index (χ4n) is 5.51. The maximum atomic E-state index is 13.7. The van der Waals surface area contributed by atoms with Crippen molar-refractivity contribution in [3.63, 3.8) is 0 Å². The van der Waals surface area contributed by atoms with Gasteiger partial charge in [-0.3, -0.25) is 4.79 Å². The molecule has 2 fully saturated rings. The smallest absolute Gasteiger partial charge is 0.339 e. The molecule has 1 aliphatic carbocycles. The van der Waals surface area contributed by atoms with Crippen LogP contribution in [-0.2, 0) is 20.5 Å². The standard InChI is InChI=1S/C28H25NO3S/c1-33-24-9-5-3-6-21(24)19-10-12-20(13-11-19)27(14-15-27)26(31)29-17-16-28(18-29)23-8-4-2-7-22(23)25(30)32-28/h2-13H,14-18H2,1H3. The molecule has 0 bridgehead atoms. The molecular weight excluding hydrogens is 430 g/mol. The largest absolute Gasteiger partial charge is 0.449 e. The van der Waals surface area contributed by atoms with Crippen molar-refractivity contribution in [2.45, 2.75) is 35.2 Å². The predicted octanol–water partition coefficient (Wildman–Crippen LogP) is 5.41. The van der Waals surface area contributed by atoms with Crippen LogP contribution in [0.1, 0.15) is 40.7 Å². The number of esters is 1. The molecule has 1 spiro atoms. The number of fused-ring (bicyclic) bond motifs is 2. The molecule has 0 radical (unpaired) electrons. The number of hydrogen-bond acceptors (Lipinski definition) is 4. The van der Waals surface area contributed by atoms with Gasteiger partial charge >= 0.3 is 5.97 Å². The zero-order valence-electron chi connectivity index (χ0n) is 18.5. The highest BCUT2D eigenvalue weighted by Gasteiger charge is 2.57. The SMILES string of the molecule is CSc1ccccc1-c1ccc(C2(C(=O)N3CCC4(C3)OC(=O)c3ccccc34)CC2)cc1. The van der Waals surface area contributed by atoms with Gasteiger partial charge in [-0.1, -0.05) is 60.7 Å². The first-order valence-corrected chi connectivity index (χ1v) is 12.6. The van der Waals surface area contributed by atoms with Crippen LogP contribution >= 0.6 is 11.8 Å². The van der Waals surface area contributed by atoms with Crippen molar-refractivity contribution in [2.75, 3.05) is 19.3 Å². The molecule has 2 heterocycles. The lowest BCUT2D eigenvalue weighted by Gasteiger charge is -2.27. The van der Waals surface area contributed by atoms with E-state index in [9.17, 15) is 9.59 Å². The Kier molecular flexibility index (Phi) is 4.66. The number of nitrogens with zero attached hydrogens (tertiary/aromatic N) is 1. The highest BCUT2D eigenvalue weighted by Crippen LogP contribution is 2.52. The van der Waals surface area contributed by atoms with Crippen molar-refractivity contribution in [1.82, 2.24) is 4.90 Å². The molecule has 4 nitrogen and oxygen atoms in total. The quantitative estimate of drug-likeness (QED) is 0.390. The van der Waals surface area contributed by atoms with Crippen LogP contribution in [0.3, 0.4) is 0 Å². The van der Waals surface area contributed by atoms with Gasteiger partial charge in [0.2, 0.25) is 5.91 Å². The Bertz CT molecular complexity index is 1260. The maximum absolute atomic E-state index is 13.7. The van der Waals surface area contributed by atoms with Crippen molar-refractivity contribution in [3.8, 4) is 11.1 Å². The molecule has 3 aliphatic rings. The summed E-state index contributed by atoms with van der Waals surface area (Å²) in [6.45, 7) is 1.05. The van der Waals surface area contributed by atoms with Gasteiger partial charge in [0.15, 0.2) is 5.60 Å². The number of carbonyl (C=O) groups is 2. The van der Waals surface area contributed by atoms with Gasteiger partial charge in [-0.05, 0) is 47.9 Å². The molecule has 1 atom stereocenters. The monoisotopic (exact) mass is 455 g/mol. The van der Waals surface area contributed by atoms with Crippen LogP contribution in [0.15, 0.2) is 77.7 Å². The van der Waals surface area contributed by atoms with Crippen LogP contribution in [0.5, 0.6) is 0 Å². The van der Waals surface area contributed by atoms with Crippen LogP contribution in [0.2, 0.25) is 0 Å². The zero-order chi connectivity index (χ0) is 22.6. The van der Waals surface area contributed by atoms with E-state index in [1.54, 1.807) is 11.8 Å². The van der Waals surface area contributed by atoms with Gasteiger partial charge in [-0.15, -0.1) is 11.8 Å². The van der Waals surface area contributed by atoms with E-state index in [0.717, 1.165) is 24.0 Å². The van der Waals surface area contributed by atoms with Crippen molar-refractivity contribution in [3.05, 3.63) is 89.5 Å². The summed E-state index contributed by atoms with van der Waals surface area (Å²) in [5.41, 5.74) is 3.90. The fourth-order valence-corrected chi connectivity index (χ4v) is 6.13. The summed E-state index contributed by atoms with van der Waals surface area (Å²) in [5.74, 6) is -0.112. The van der Waals surface area contributed by atoms with Gasteiger partial charge in [0.1, 0.15) is 0 Å². The Labute approximate surface area is 197 Å². The third kappa shape index (κ3) is 3.13. The Morgan fingerprint density at radius 1 is 0.909 bits per heavy atom. The van der Waals surface area contributed by atoms with E-state index < -0.39 is 11.0 Å². The molecule has 3 aromatic carbocycles. The Hall–Kier alpha value is -3.05. The van der Waals surface area contributed by atoms with Crippen LogP contribution < -0.4 is 0 Å². The second-order valence-corrected chi connectivity index (χ2v) is 10.1. The van der Waals surface area contributed by atoms with E-state index in [2.05, 4.69) is 54.8 Å². The molecule has 6 rings (SSSR count). The molecule has 1 unspecified atom stereocenters. The first-order valence-electron chi connectivity index (χ1n) is 11.4. The highest BCUT2D eigenvalue weighted by molar-refractivity contribution is 7.98. The fraction of sp³-hybridized carbons (Fsp3) is 0.286. The minimum absolute atomic E-state index is 0.164. The summed E-state index contributed by atoms with van der Waals surface area (Å²) >= 11 is 1.74. The second-order valence-electron chi connectivity index (χ2n) is 9.27. The minimum Gasteiger partial charge on any atom is -0.449 e. The molecule has 166 valence electrons. The van der Waals surface area contributed by atoms with Crippen LogP contribution in [0.4, 0.5) is 0 Å². The topological polar surface area (TPSA) is 46.6 Å². The lowest BCUT2D eigenvalue weighted by molar-refractivity contribution is -0.134. The first kappa shape index (κ1) is 20.5. The van der Waals surface area contributed by atoms with Gasteiger partial charge in [0.05, 0.1) is 17.5 Å². The Morgan fingerprint density at radius 2 is 1.61 bits per heavy atom. The molecular formula is C28H25NO3S. The van der Waals surface area contributed by atoms with E-state index in [1.165, 1.54) is 16.0 Å². The predicted molar refractivity (Wildman–Crippen MR) is 129 cm³/mol. The summed E-state index contributed by atoms with van der Waals surface area (Å²) in [6, 6.07) is 24.5.